The molecule has 0 aromatic heterocycles. The van der Waals surface area contributed by atoms with E-state index in [1.165, 1.54) is 21.5 Å². The minimum absolute atomic E-state index is 0. The van der Waals surface area contributed by atoms with Crippen molar-refractivity contribution in [1.82, 2.24) is 0 Å². The van der Waals surface area contributed by atoms with Gasteiger partial charge in [-0.3, -0.25) is 0 Å². The molecule has 0 unspecified atom stereocenters. The first kappa shape index (κ1) is 24.3. The smallest absolute Gasteiger partial charge is 0.184 e. The maximum atomic E-state index is 2.89. The van der Waals surface area contributed by atoms with Crippen molar-refractivity contribution >= 4 is 21.5 Å². The normalized spacial score (nSPS) is 9.03. The summed E-state index contributed by atoms with van der Waals surface area (Å²) in [6.45, 7) is 0. The predicted octanol–water partition coefficient (Wildman–Crippen LogP) is 8.09. The number of rotatable bonds is 0. The van der Waals surface area contributed by atoms with Crippen LogP contribution in [0.2, 0.25) is 0 Å². The molecule has 0 aliphatic rings. The van der Waals surface area contributed by atoms with Crippen LogP contribution in [0.1, 0.15) is 0 Å². The van der Waals surface area contributed by atoms with E-state index < -0.39 is 0 Å². The van der Waals surface area contributed by atoms with Gasteiger partial charge in [-0.1, -0.05) is 12.1 Å². The second kappa shape index (κ2) is 14.9. The molecule has 0 spiro atoms. The van der Waals surface area contributed by atoms with Gasteiger partial charge in [-0.05, 0) is 0 Å². The van der Waals surface area contributed by atoms with Gasteiger partial charge in [0.1, 0.15) is 0 Å². The van der Waals surface area contributed by atoms with Crippen LogP contribution in [-0.2, 0) is 26.2 Å². The SMILES string of the molecule is [Zr+4].[c-]1ccccc1.[c-]1ccccc1.c1ccc2[cH-]ccc2c1.c1ccc2[cH-]ccc2c1. The third-order valence-electron chi connectivity index (χ3n) is 4.31. The Hall–Kier alpha value is -3.02. The van der Waals surface area contributed by atoms with E-state index in [9.17, 15) is 0 Å². The third-order valence-corrected chi connectivity index (χ3v) is 4.31. The number of benzene rings is 4. The Bertz CT molecular complexity index is 973. The minimum atomic E-state index is 0. The van der Waals surface area contributed by atoms with E-state index in [2.05, 4.69) is 97.1 Å². The van der Waals surface area contributed by atoms with Crippen LogP contribution in [-0.4, -0.2) is 0 Å². The summed E-state index contributed by atoms with van der Waals surface area (Å²) in [5.41, 5.74) is 0. The van der Waals surface area contributed by atoms with Gasteiger partial charge in [0.2, 0.25) is 0 Å². The van der Waals surface area contributed by atoms with Crippen molar-refractivity contribution in [1.29, 1.82) is 0 Å². The van der Waals surface area contributed by atoms with E-state index in [4.69, 9.17) is 0 Å². The van der Waals surface area contributed by atoms with Crippen molar-refractivity contribution in [2.24, 2.45) is 0 Å². The largest absolute Gasteiger partial charge is 4.00 e. The molecule has 0 atom stereocenters. The van der Waals surface area contributed by atoms with Crippen molar-refractivity contribution in [3.8, 4) is 0 Å². The van der Waals surface area contributed by atoms with E-state index >= 15 is 0 Å². The van der Waals surface area contributed by atoms with Crippen molar-refractivity contribution in [2.45, 2.75) is 0 Å². The number of fused-ring (bicyclic) bond motifs is 2. The molecule has 0 amide bonds. The first-order chi connectivity index (χ1) is 14.9. The molecule has 0 heterocycles. The molecular formula is C30H24Zr. The van der Waals surface area contributed by atoms with Crippen molar-refractivity contribution in [3.63, 3.8) is 0 Å². The first-order valence-corrected chi connectivity index (χ1v) is 9.96. The average molecular weight is 476 g/mol. The maximum Gasteiger partial charge on any atom is 4.00 e. The fraction of sp³-hybridized carbons (Fsp3) is 0. The fourth-order valence-corrected chi connectivity index (χ4v) is 2.82. The van der Waals surface area contributed by atoms with Gasteiger partial charge < -0.3 is 0 Å². The van der Waals surface area contributed by atoms with Crippen LogP contribution in [0, 0.1) is 12.1 Å². The number of hydrogen-bond acceptors (Lipinski definition) is 0. The molecule has 0 aliphatic heterocycles. The van der Waals surface area contributed by atoms with Gasteiger partial charge in [-0.15, -0.1) is 59.3 Å². The monoisotopic (exact) mass is 474 g/mol. The molecule has 148 valence electrons. The Balaban J connectivity index is 0.000000148. The molecule has 0 bridgehead atoms. The molecule has 0 aliphatic carbocycles. The Kier molecular flexibility index (Phi) is 11.6. The quantitative estimate of drug-likeness (QED) is 0.195. The van der Waals surface area contributed by atoms with Gasteiger partial charge in [-0.25, -0.2) is 0 Å². The second-order valence-electron chi connectivity index (χ2n) is 6.46. The van der Waals surface area contributed by atoms with Crippen LogP contribution in [0.5, 0.6) is 0 Å². The van der Waals surface area contributed by atoms with Crippen LogP contribution in [0.25, 0.3) is 21.5 Å². The van der Waals surface area contributed by atoms with Crippen molar-refractivity contribution in [2.75, 3.05) is 0 Å². The zero-order chi connectivity index (χ0) is 20.7. The Labute approximate surface area is 204 Å². The van der Waals surface area contributed by atoms with Gasteiger partial charge in [0.05, 0.1) is 0 Å². The molecule has 0 saturated heterocycles. The van der Waals surface area contributed by atoms with Crippen LogP contribution in [0.3, 0.4) is 0 Å². The van der Waals surface area contributed by atoms with Crippen LogP contribution < -0.4 is 0 Å². The molecule has 0 fully saturated rings. The summed E-state index contributed by atoms with van der Waals surface area (Å²) in [6, 6.07) is 54.3. The molecule has 0 saturated carbocycles. The average Bonchev–Trinajstić information content (AvgIpc) is 3.52. The zero-order valence-corrected chi connectivity index (χ0v) is 19.8. The van der Waals surface area contributed by atoms with Gasteiger partial charge in [-0.2, -0.15) is 108 Å². The van der Waals surface area contributed by atoms with E-state index in [1.54, 1.807) is 0 Å². The molecule has 6 rings (SSSR count). The van der Waals surface area contributed by atoms with E-state index in [1.807, 2.05) is 60.7 Å². The third kappa shape index (κ3) is 9.12. The van der Waals surface area contributed by atoms with Gasteiger partial charge >= 0.3 is 26.2 Å². The predicted molar refractivity (Wildman–Crippen MR) is 130 cm³/mol. The number of hydrogen-bond donors (Lipinski definition) is 0. The van der Waals surface area contributed by atoms with E-state index in [0.717, 1.165) is 0 Å². The minimum Gasteiger partial charge on any atom is -0.184 e. The van der Waals surface area contributed by atoms with E-state index in [-0.39, 0.29) is 26.2 Å². The van der Waals surface area contributed by atoms with Gasteiger partial charge in [0, 0.05) is 0 Å². The Morgan fingerprint density at radius 3 is 1.10 bits per heavy atom. The molecule has 6 aromatic carbocycles. The van der Waals surface area contributed by atoms with E-state index in [0.29, 0.717) is 0 Å². The zero-order valence-electron chi connectivity index (χ0n) is 17.4. The molecule has 0 N–H and O–H groups in total. The summed E-state index contributed by atoms with van der Waals surface area (Å²) in [7, 11) is 0. The Morgan fingerprint density at radius 2 is 0.806 bits per heavy atom. The second-order valence-corrected chi connectivity index (χ2v) is 6.46. The van der Waals surface area contributed by atoms with Crippen LogP contribution in [0.15, 0.2) is 146 Å². The topological polar surface area (TPSA) is 0 Å². The molecule has 6 aromatic rings. The summed E-state index contributed by atoms with van der Waals surface area (Å²) < 4.78 is 0. The van der Waals surface area contributed by atoms with Crippen molar-refractivity contribution in [3.05, 3.63) is 158 Å². The summed E-state index contributed by atoms with van der Waals surface area (Å²) in [5, 5.41) is 5.32. The summed E-state index contributed by atoms with van der Waals surface area (Å²) in [5.74, 6) is 0. The summed E-state index contributed by atoms with van der Waals surface area (Å²) in [4.78, 5) is 0. The van der Waals surface area contributed by atoms with Crippen LogP contribution in [0.4, 0.5) is 0 Å². The first-order valence-electron chi connectivity index (χ1n) is 9.96. The van der Waals surface area contributed by atoms with Gasteiger partial charge in [0.25, 0.3) is 0 Å². The molecule has 31 heavy (non-hydrogen) atoms. The Morgan fingerprint density at radius 1 is 0.419 bits per heavy atom. The van der Waals surface area contributed by atoms with Crippen LogP contribution >= 0.6 is 0 Å². The fourth-order valence-electron chi connectivity index (χ4n) is 2.82. The molecule has 0 nitrogen and oxygen atoms in total. The standard InChI is InChI=1S/2C9H7.2C6H5.Zr/c2*1-2-5-9-7-3-6-8(9)4-1;2*1-2-4-6-5-3-1;/h2*1-7H;2*1-5H;/q4*-1;+4. The summed E-state index contributed by atoms with van der Waals surface area (Å²) in [6.07, 6.45) is 0. The molecule has 1 heteroatoms. The van der Waals surface area contributed by atoms with Gasteiger partial charge in [0.15, 0.2) is 0 Å². The summed E-state index contributed by atoms with van der Waals surface area (Å²) >= 11 is 0. The maximum absolute atomic E-state index is 2.89. The van der Waals surface area contributed by atoms with Crippen molar-refractivity contribution < 1.29 is 26.2 Å². The molecule has 0 radical (unpaired) electrons. The molecular weight excluding hydrogens is 452 g/mol.